The zero-order valence-corrected chi connectivity index (χ0v) is 42.9. The summed E-state index contributed by atoms with van der Waals surface area (Å²) in [5.74, 6) is 0.840. The lowest BCUT2D eigenvalue weighted by Crippen LogP contribution is -2.70. The standard InChI is InChI=1S/C54H69N3O13S/c1-8-10-12-14-16-18-39(59)69-38-24-32-20-21-55-54(34(32)25-37(38)63-6)27-71-51-43-42(49-48(66-28-67-49)30(4)47(43)68-31(5)58)36(26-65-53(54)62)57-45(51)44-41-33(23-35(56-44)52(57)61)22-29(3)46(64-7)50(41)70-40(60)19-17-15-13-11-9-2/h22,24-25,35-36,44-45,51-52,55-56,61H,8-21,23,26-28H2,1-7H3/t35-,36-,44-,45?,51-,52+,54-/m1/s1. The third kappa shape index (κ3) is 9.45. The highest BCUT2D eigenvalue weighted by Gasteiger charge is 2.60. The van der Waals surface area contributed by atoms with Crippen LogP contribution in [0.2, 0.25) is 0 Å². The predicted molar refractivity (Wildman–Crippen MR) is 265 cm³/mol. The van der Waals surface area contributed by atoms with Crippen molar-refractivity contribution >= 4 is 35.6 Å². The average molecular weight is 1000 g/mol. The molecular formula is C54H69N3O13S. The Morgan fingerprint density at radius 1 is 0.803 bits per heavy atom. The number of ether oxygens (including phenoxy) is 8. The van der Waals surface area contributed by atoms with Gasteiger partial charge >= 0.3 is 23.9 Å². The maximum absolute atomic E-state index is 15.2. The van der Waals surface area contributed by atoms with Crippen molar-refractivity contribution in [3.63, 3.8) is 0 Å². The number of unbranched alkanes of at least 4 members (excludes halogenated alkanes) is 8. The Bertz CT molecular complexity index is 2550. The molecule has 0 saturated carbocycles. The topological polar surface area (TPSA) is 190 Å². The van der Waals surface area contributed by atoms with Gasteiger partial charge in [-0.3, -0.25) is 24.6 Å². The summed E-state index contributed by atoms with van der Waals surface area (Å²) in [6.45, 7) is 9.50. The number of nitrogens with one attached hydrogen (secondary N) is 2. The van der Waals surface area contributed by atoms with Gasteiger partial charge in [0.25, 0.3) is 0 Å². The fraction of sp³-hybridized carbons (Fsp3) is 0.593. The largest absolute Gasteiger partial charge is 0.493 e. The second kappa shape index (κ2) is 21.6. The molecule has 2 fully saturated rings. The first-order valence-corrected chi connectivity index (χ1v) is 26.6. The minimum absolute atomic E-state index is 0.0863. The number of rotatable bonds is 17. The monoisotopic (exact) mass is 999 g/mol. The van der Waals surface area contributed by atoms with Gasteiger partial charge in [-0.1, -0.05) is 71.3 Å². The van der Waals surface area contributed by atoms with Crippen LogP contribution >= 0.6 is 11.8 Å². The quantitative estimate of drug-likeness (QED) is 0.0666. The molecule has 4 bridgehead atoms. The number of hydrogen-bond acceptors (Lipinski definition) is 17. The fourth-order valence-electron chi connectivity index (χ4n) is 11.8. The summed E-state index contributed by atoms with van der Waals surface area (Å²) in [5.41, 5.74) is 4.26. The first-order valence-electron chi connectivity index (χ1n) is 25.6. The molecule has 2 saturated heterocycles. The number of piperazine rings is 1. The lowest BCUT2D eigenvalue weighted by Gasteiger charge is -2.59. The zero-order valence-electron chi connectivity index (χ0n) is 42.1. The molecule has 17 heteroatoms. The Labute approximate surface area is 420 Å². The number of hydrogen-bond donors (Lipinski definition) is 3. The van der Waals surface area contributed by atoms with Gasteiger partial charge < -0.3 is 48.3 Å². The molecule has 0 amide bonds. The number of esters is 4. The molecule has 7 heterocycles. The van der Waals surface area contributed by atoms with E-state index in [2.05, 4.69) is 30.5 Å². The molecule has 0 radical (unpaired) electrons. The van der Waals surface area contributed by atoms with Gasteiger partial charge in [-0.25, -0.2) is 4.79 Å². The first-order chi connectivity index (χ1) is 34.3. The van der Waals surface area contributed by atoms with Gasteiger partial charge in [0.2, 0.25) is 6.79 Å². The minimum atomic E-state index is -1.44. The van der Waals surface area contributed by atoms with Crippen LogP contribution in [0.15, 0.2) is 18.2 Å². The van der Waals surface area contributed by atoms with Crippen LogP contribution in [-0.2, 0) is 42.3 Å². The number of thioether (sulfide) groups is 1. The van der Waals surface area contributed by atoms with Crippen LogP contribution in [0.25, 0.3) is 0 Å². The molecule has 0 aromatic heterocycles. The van der Waals surface area contributed by atoms with Gasteiger partial charge in [-0.2, -0.15) is 0 Å². The third-order valence-corrected chi connectivity index (χ3v) is 16.6. The highest BCUT2D eigenvalue weighted by Crippen LogP contribution is 2.63. The highest BCUT2D eigenvalue weighted by molar-refractivity contribution is 7.99. The summed E-state index contributed by atoms with van der Waals surface area (Å²) in [6, 6.07) is 3.05. The molecular weight excluding hydrogens is 931 g/mol. The lowest BCUT2D eigenvalue weighted by molar-refractivity contribution is -0.164. The van der Waals surface area contributed by atoms with E-state index < -0.39 is 53.1 Å². The summed E-state index contributed by atoms with van der Waals surface area (Å²) in [4.78, 5) is 57.4. The number of carbonyl (C=O) groups is 4. The maximum atomic E-state index is 15.2. The van der Waals surface area contributed by atoms with Gasteiger partial charge in [0.1, 0.15) is 18.6 Å². The van der Waals surface area contributed by atoms with Crippen LogP contribution in [0.4, 0.5) is 0 Å². The van der Waals surface area contributed by atoms with Gasteiger partial charge in [-0.05, 0) is 73.9 Å². The molecule has 3 aromatic rings. The molecule has 71 heavy (non-hydrogen) atoms. The van der Waals surface area contributed by atoms with E-state index in [1.165, 1.54) is 25.8 Å². The number of benzene rings is 3. The molecule has 7 aliphatic heterocycles. The molecule has 1 unspecified atom stereocenters. The molecule has 3 N–H and O–H groups in total. The van der Waals surface area contributed by atoms with Gasteiger partial charge in [-0.15, -0.1) is 11.8 Å². The highest BCUT2D eigenvalue weighted by atomic mass is 32.2. The minimum Gasteiger partial charge on any atom is -0.493 e. The van der Waals surface area contributed by atoms with E-state index in [1.807, 2.05) is 18.7 Å². The zero-order chi connectivity index (χ0) is 50.1. The van der Waals surface area contributed by atoms with E-state index in [0.29, 0.717) is 82.6 Å². The van der Waals surface area contributed by atoms with E-state index in [0.717, 1.165) is 80.0 Å². The number of aliphatic hydroxyl groups is 1. The van der Waals surface area contributed by atoms with Crippen molar-refractivity contribution in [1.82, 2.24) is 15.5 Å². The van der Waals surface area contributed by atoms with Crippen LogP contribution in [0.3, 0.4) is 0 Å². The van der Waals surface area contributed by atoms with Crippen LogP contribution in [-0.4, -0.2) is 92.1 Å². The summed E-state index contributed by atoms with van der Waals surface area (Å²) in [7, 11) is 3.08. The normalized spacial score (nSPS) is 24.8. The number of fused-ring (bicyclic) bond motifs is 9. The molecule has 384 valence electrons. The number of aryl methyl sites for hydroxylation is 1. The predicted octanol–water partition coefficient (Wildman–Crippen LogP) is 8.19. The van der Waals surface area contributed by atoms with E-state index in [4.69, 9.17) is 37.9 Å². The maximum Gasteiger partial charge on any atom is 0.331 e. The van der Waals surface area contributed by atoms with Crippen LogP contribution in [0.5, 0.6) is 40.2 Å². The number of aliphatic hydroxyl groups excluding tert-OH is 1. The lowest BCUT2D eigenvalue weighted by atomic mass is 9.74. The van der Waals surface area contributed by atoms with Crippen molar-refractivity contribution in [3.8, 4) is 40.2 Å². The molecule has 0 aliphatic carbocycles. The molecule has 1 spiro atoms. The smallest absolute Gasteiger partial charge is 0.331 e. The van der Waals surface area contributed by atoms with Crippen LogP contribution < -0.4 is 43.8 Å². The summed E-state index contributed by atoms with van der Waals surface area (Å²) >= 11 is 1.46. The van der Waals surface area contributed by atoms with Crippen LogP contribution in [0, 0.1) is 13.8 Å². The van der Waals surface area contributed by atoms with E-state index in [1.54, 1.807) is 19.2 Å². The second-order valence-electron chi connectivity index (χ2n) is 19.7. The molecule has 10 rings (SSSR count). The van der Waals surface area contributed by atoms with E-state index in [9.17, 15) is 19.5 Å². The molecule has 16 nitrogen and oxygen atoms in total. The van der Waals surface area contributed by atoms with Crippen LogP contribution in [0.1, 0.15) is 160 Å². The summed E-state index contributed by atoms with van der Waals surface area (Å²) in [5, 5.41) is 19.5. The number of methoxy groups -OCH3 is 2. The van der Waals surface area contributed by atoms with Crippen molar-refractivity contribution < 1.29 is 62.2 Å². The SMILES string of the molecule is CCCCCCCC(=O)Oc1cc2c(cc1OC)[C@@]1(CS[C@@H]3c4c(OC(C)=O)c(C)c5c(c4[C@@H](COC1=O)N1C3[C@@H]3N[C@H](Cc4cc(C)c(OC)c(OC(=O)CCCCCCC)c43)[C@@H]1O)OCO5)NCC2. The van der Waals surface area contributed by atoms with Crippen molar-refractivity contribution in [3.05, 3.63) is 62.7 Å². The van der Waals surface area contributed by atoms with Gasteiger partial charge in [0.15, 0.2) is 40.0 Å². The van der Waals surface area contributed by atoms with E-state index in [-0.39, 0.29) is 49.7 Å². The van der Waals surface area contributed by atoms with Crippen molar-refractivity contribution in [2.75, 3.05) is 39.9 Å². The van der Waals surface area contributed by atoms with Crippen molar-refractivity contribution in [2.24, 2.45) is 0 Å². The Morgan fingerprint density at radius 3 is 2.20 bits per heavy atom. The van der Waals surface area contributed by atoms with Gasteiger partial charge in [0, 0.05) is 60.4 Å². The van der Waals surface area contributed by atoms with E-state index >= 15 is 4.79 Å². The number of carbonyl (C=O) groups excluding carboxylic acids is 4. The number of nitrogens with zero attached hydrogens (tertiary/aromatic N) is 1. The Hall–Kier alpha value is -5.07. The summed E-state index contributed by atoms with van der Waals surface area (Å²) < 4.78 is 49.5. The van der Waals surface area contributed by atoms with Crippen molar-refractivity contribution in [2.45, 2.75) is 166 Å². The molecule has 3 aromatic carbocycles. The van der Waals surface area contributed by atoms with Crippen molar-refractivity contribution in [1.29, 1.82) is 0 Å². The Kier molecular flexibility index (Phi) is 15.4. The molecule has 7 atom stereocenters. The molecule has 7 aliphatic rings. The fourth-order valence-corrected chi connectivity index (χ4v) is 13.5. The Morgan fingerprint density at radius 2 is 1.51 bits per heavy atom. The average Bonchev–Trinajstić information content (AvgIpc) is 3.85. The summed E-state index contributed by atoms with van der Waals surface area (Å²) in [6.07, 6.45) is 10.1. The second-order valence-corrected chi connectivity index (χ2v) is 20.9. The third-order valence-electron chi connectivity index (χ3n) is 15.1. The first kappa shape index (κ1) is 50.9. The Balaban J connectivity index is 1.17. The van der Waals surface area contributed by atoms with Gasteiger partial charge in [0.05, 0.1) is 37.6 Å².